The number of anilines is 2. The number of carbonyl (C=O) groups is 1. The number of methoxy groups -OCH3 is 1. The van der Waals surface area contributed by atoms with Gasteiger partial charge in [0.25, 0.3) is 0 Å². The molecule has 0 bridgehead atoms. The van der Waals surface area contributed by atoms with E-state index in [2.05, 4.69) is 20.3 Å². The number of imidazole rings is 1. The number of ether oxygens (including phenoxy) is 2. The van der Waals surface area contributed by atoms with Gasteiger partial charge in [0.05, 0.1) is 25.0 Å². The standard InChI is InChI=1S/C17H18N4O3S/c1-4-24-16(22)13-9-25-17(21-13)20-11-5-6-12(14(7-11)23-3)15-18-8-10(2)19-15/h5-9H,4H2,1-3H3,(H,18,19)(H,20,21). The third kappa shape index (κ3) is 3.80. The Labute approximate surface area is 149 Å². The van der Waals surface area contributed by atoms with E-state index in [1.165, 1.54) is 11.3 Å². The topological polar surface area (TPSA) is 89.1 Å². The summed E-state index contributed by atoms with van der Waals surface area (Å²) in [5.74, 6) is 1.01. The predicted octanol–water partition coefficient (Wildman–Crippen LogP) is 3.77. The van der Waals surface area contributed by atoms with Crippen molar-refractivity contribution in [3.8, 4) is 17.1 Å². The van der Waals surface area contributed by atoms with Crippen molar-refractivity contribution in [2.75, 3.05) is 19.0 Å². The van der Waals surface area contributed by atoms with Crippen LogP contribution in [0.1, 0.15) is 23.1 Å². The Balaban J connectivity index is 1.81. The van der Waals surface area contributed by atoms with Crippen molar-refractivity contribution in [1.82, 2.24) is 15.0 Å². The minimum absolute atomic E-state index is 0.295. The Kier molecular flexibility index (Phi) is 4.99. The van der Waals surface area contributed by atoms with Crippen LogP contribution in [-0.2, 0) is 4.74 Å². The van der Waals surface area contributed by atoms with Gasteiger partial charge in [-0.3, -0.25) is 0 Å². The van der Waals surface area contributed by atoms with Gasteiger partial charge < -0.3 is 19.8 Å². The largest absolute Gasteiger partial charge is 0.496 e. The van der Waals surface area contributed by atoms with Gasteiger partial charge in [0.1, 0.15) is 11.6 Å². The molecule has 0 aliphatic carbocycles. The van der Waals surface area contributed by atoms with Crippen LogP contribution in [0.2, 0.25) is 0 Å². The predicted molar refractivity (Wildman–Crippen MR) is 96.7 cm³/mol. The van der Waals surface area contributed by atoms with E-state index in [0.29, 0.717) is 23.2 Å². The van der Waals surface area contributed by atoms with Crippen LogP contribution in [0.25, 0.3) is 11.4 Å². The van der Waals surface area contributed by atoms with Crippen LogP contribution >= 0.6 is 11.3 Å². The maximum atomic E-state index is 11.7. The van der Waals surface area contributed by atoms with E-state index in [-0.39, 0.29) is 0 Å². The van der Waals surface area contributed by atoms with Crippen LogP contribution in [-0.4, -0.2) is 34.6 Å². The van der Waals surface area contributed by atoms with E-state index in [4.69, 9.17) is 9.47 Å². The molecular weight excluding hydrogens is 340 g/mol. The van der Waals surface area contributed by atoms with Crippen LogP contribution in [0.4, 0.5) is 10.8 Å². The van der Waals surface area contributed by atoms with Crippen LogP contribution in [0.3, 0.4) is 0 Å². The first-order chi connectivity index (χ1) is 12.1. The first-order valence-electron chi connectivity index (χ1n) is 7.70. The zero-order valence-corrected chi connectivity index (χ0v) is 14.9. The maximum absolute atomic E-state index is 11.7. The fourth-order valence-electron chi connectivity index (χ4n) is 2.27. The van der Waals surface area contributed by atoms with Crippen molar-refractivity contribution in [3.63, 3.8) is 0 Å². The summed E-state index contributed by atoms with van der Waals surface area (Å²) in [7, 11) is 1.61. The van der Waals surface area contributed by atoms with Crippen LogP contribution in [0.5, 0.6) is 5.75 Å². The number of aryl methyl sites for hydroxylation is 1. The van der Waals surface area contributed by atoms with Gasteiger partial charge in [-0.1, -0.05) is 0 Å². The molecule has 0 radical (unpaired) electrons. The molecule has 3 aromatic rings. The molecule has 2 N–H and O–H groups in total. The summed E-state index contributed by atoms with van der Waals surface area (Å²) in [5, 5.41) is 5.44. The quantitative estimate of drug-likeness (QED) is 0.652. The summed E-state index contributed by atoms with van der Waals surface area (Å²) in [5.41, 5.74) is 2.87. The van der Waals surface area contributed by atoms with E-state index in [1.807, 2.05) is 31.3 Å². The smallest absolute Gasteiger partial charge is 0.357 e. The van der Waals surface area contributed by atoms with Gasteiger partial charge in [0.15, 0.2) is 10.8 Å². The summed E-state index contributed by atoms with van der Waals surface area (Å²) >= 11 is 1.33. The van der Waals surface area contributed by atoms with Gasteiger partial charge in [-0.2, -0.15) is 0 Å². The van der Waals surface area contributed by atoms with Crippen LogP contribution in [0.15, 0.2) is 29.8 Å². The number of aromatic amines is 1. The van der Waals surface area contributed by atoms with Gasteiger partial charge in [0, 0.05) is 23.3 Å². The third-order valence-corrected chi connectivity index (χ3v) is 4.16. The van der Waals surface area contributed by atoms with Gasteiger partial charge in [-0.15, -0.1) is 11.3 Å². The molecule has 0 unspecified atom stereocenters. The zero-order valence-electron chi connectivity index (χ0n) is 14.1. The molecule has 3 rings (SSSR count). The van der Waals surface area contributed by atoms with E-state index in [1.54, 1.807) is 19.4 Å². The highest BCUT2D eigenvalue weighted by molar-refractivity contribution is 7.14. The highest BCUT2D eigenvalue weighted by Gasteiger charge is 2.13. The minimum atomic E-state index is -0.423. The normalized spacial score (nSPS) is 10.5. The average Bonchev–Trinajstić information content (AvgIpc) is 3.24. The molecule has 1 aromatic carbocycles. The molecule has 0 aliphatic rings. The van der Waals surface area contributed by atoms with Crippen molar-refractivity contribution >= 4 is 28.1 Å². The Bertz CT molecular complexity index is 888. The van der Waals surface area contributed by atoms with E-state index < -0.39 is 5.97 Å². The lowest BCUT2D eigenvalue weighted by Gasteiger charge is -2.09. The number of thiazole rings is 1. The number of carbonyl (C=O) groups excluding carboxylic acids is 1. The van der Waals surface area contributed by atoms with Gasteiger partial charge >= 0.3 is 5.97 Å². The lowest BCUT2D eigenvalue weighted by molar-refractivity contribution is 0.0520. The number of rotatable bonds is 6. The molecule has 0 spiro atoms. The summed E-state index contributed by atoms with van der Waals surface area (Å²) in [4.78, 5) is 23.5. The SMILES string of the molecule is CCOC(=O)c1csc(Nc2ccc(-c3nc(C)c[nH]3)c(OC)c2)n1. The Morgan fingerprint density at radius 1 is 1.36 bits per heavy atom. The lowest BCUT2D eigenvalue weighted by Crippen LogP contribution is -2.05. The first kappa shape index (κ1) is 17.0. The molecule has 0 saturated carbocycles. The van der Waals surface area contributed by atoms with Crippen molar-refractivity contribution in [2.24, 2.45) is 0 Å². The number of nitrogens with zero attached hydrogens (tertiary/aromatic N) is 2. The Hall–Kier alpha value is -2.87. The van der Waals surface area contributed by atoms with E-state index in [9.17, 15) is 4.79 Å². The van der Waals surface area contributed by atoms with Crippen LogP contribution < -0.4 is 10.1 Å². The molecule has 0 saturated heterocycles. The fraction of sp³-hybridized carbons (Fsp3) is 0.235. The number of H-pyrrole nitrogens is 1. The molecule has 25 heavy (non-hydrogen) atoms. The number of aromatic nitrogens is 3. The molecule has 0 fully saturated rings. The highest BCUT2D eigenvalue weighted by atomic mass is 32.1. The maximum Gasteiger partial charge on any atom is 0.357 e. The molecule has 8 heteroatoms. The second-order valence-corrected chi connectivity index (χ2v) is 6.05. The van der Waals surface area contributed by atoms with Gasteiger partial charge in [-0.05, 0) is 26.0 Å². The van der Waals surface area contributed by atoms with Crippen molar-refractivity contribution < 1.29 is 14.3 Å². The number of nitrogens with one attached hydrogen (secondary N) is 2. The first-order valence-corrected chi connectivity index (χ1v) is 8.58. The second-order valence-electron chi connectivity index (χ2n) is 5.19. The summed E-state index contributed by atoms with van der Waals surface area (Å²) in [6.07, 6.45) is 1.84. The van der Waals surface area contributed by atoms with Gasteiger partial charge in [0.2, 0.25) is 0 Å². The molecule has 7 nitrogen and oxygen atoms in total. The Morgan fingerprint density at radius 2 is 2.20 bits per heavy atom. The number of hydrogen-bond acceptors (Lipinski definition) is 7. The summed E-state index contributed by atoms with van der Waals surface area (Å²) in [6.45, 7) is 4.01. The lowest BCUT2D eigenvalue weighted by atomic mass is 10.1. The molecule has 0 atom stereocenters. The molecule has 130 valence electrons. The highest BCUT2D eigenvalue weighted by Crippen LogP contribution is 2.32. The summed E-state index contributed by atoms with van der Waals surface area (Å²) < 4.78 is 10.4. The van der Waals surface area contributed by atoms with Crippen molar-refractivity contribution in [1.29, 1.82) is 0 Å². The minimum Gasteiger partial charge on any atom is -0.496 e. The molecule has 2 heterocycles. The fourth-order valence-corrected chi connectivity index (χ4v) is 2.97. The van der Waals surface area contributed by atoms with Crippen molar-refractivity contribution in [2.45, 2.75) is 13.8 Å². The molecule has 0 aliphatic heterocycles. The monoisotopic (exact) mass is 358 g/mol. The molecular formula is C17H18N4O3S. The van der Waals surface area contributed by atoms with E-state index in [0.717, 1.165) is 22.8 Å². The van der Waals surface area contributed by atoms with Crippen LogP contribution in [0, 0.1) is 6.92 Å². The van der Waals surface area contributed by atoms with Crippen molar-refractivity contribution in [3.05, 3.63) is 41.2 Å². The molecule has 0 amide bonds. The molecule has 2 aromatic heterocycles. The summed E-state index contributed by atoms with van der Waals surface area (Å²) in [6, 6.07) is 5.68. The zero-order chi connectivity index (χ0) is 17.8. The van der Waals surface area contributed by atoms with Gasteiger partial charge in [-0.25, -0.2) is 14.8 Å². The number of esters is 1. The third-order valence-electron chi connectivity index (χ3n) is 3.40. The second kappa shape index (κ2) is 7.35. The Morgan fingerprint density at radius 3 is 2.88 bits per heavy atom. The number of hydrogen-bond donors (Lipinski definition) is 2. The average molecular weight is 358 g/mol. The van der Waals surface area contributed by atoms with E-state index >= 15 is 0 Å². The number of benzene rings is 1.